The molecule has 1 aliphatic rings. The maximum Gasteiger partial charge on any atom is 0.190 e. The average molecular weight is 274 g/mol. The molecule has 0 bridgehead atoms. The first-order valence-corrected chi connectivity index (χ1v) is 7.63. The molecule has 0 unspecified atom stereocenters. The number of aryl methyl sites for hydroxylation is 1. The van der Waals surface area contributed by atoms with Crippen LogP contribution in [0.4, 0.5) is 0 Å². The van der Waals surface area contributed by atoms with Crippen LogP contribution in [0.3, 0.4) is 0 Å². The molecule has 0 N–H and O–H groups in total. The van der Waals surface area contributed by atoms with E-state index in [2.05, 4.69) is 17.9 Å². The molecule has 19 heavy (non-hydrogen) atoms. The number of allylic oxidation sites excluding steroid dienone is 2. The monoisotopic (exact) mass is 274 g/mol. The molecule has 2 nitrogen and oxygen atoms in total. The Hall–Kier alpha value is -1.37. The van der Waals surface area contributed by atoms with Gasteiger partial charge in [0.25, 0.3) is 0 Å². The quantitative estimate of drug-likeness (QED) is 0.788. The van der Waals surface area contributed by atoms with Crippen LogP contribution in [-0.2, 0) is 15.3 Å². The summed E-state index contributed by atoms with van der Waals surface area (Å²) in [6, 6.07) is 7.50. The van der Waals surface area contributed by atoms with Gasteiger partial charge in [0, 0.05) is 0 Å². The van der Waals surface area contributed by atoms with E-state index in [1.807, 2.05) is 31.2 Å². The predicted molar refractivity (Wildman–Crippen MR) is 77.9 cm³/mol. The molecule has 0 saturated heterocycles. The van der Waals surface area contributed by atoms with Crippen molar-refractivity contribution in [1.82, 2.24) is 0 Å². The first-order valence-electron chi connectivity index (χ1n) is 6.55. The Labute approximate surface area is 117 Å². The lowest BCUT2D eigenvalue weighted by atomic mass is 10.0. The van der Waals surface area contributed by atoms with E-state index in [4.69, 9.17) is 4.18 Å². The zero-order valence-electron chi connectivity index (χ0n) is 11.1. The van der Waals surface area contributed by atoms with Crippen LogP contribution >= 0.6 is 0 Å². The first kappa shape index (κ1) is 14.0. The van der Waals surface area contributed by atoms with Crippen molar-refractivity contribution >= 4 is 11.1 Å². The van der Waals surface area contributed by atoms with Gasteiger partial charge in [0.1, 0.15) is 6.61 Å². The molecule has 1 aromatic rings. The predicted octanol–water partition coefficient (Wildman–Crippen LogP) is 3.54. The van der Waals surface area contributed by atoms with Crippen molar-refractivity contribution < 1.29 is 8.39 Å². The second kappa shape index (κ2) is 7.28. The fourth-order valence-corrected chi connectivity index (χ4v) is 2.56. The van der Waals surface area contributed by atoms with Gasteiger partial charge >= 0.3 is 0 Å². The van der Waals surface area contributed by atoms with E-state index in [9.17, 15) is 4.21 Å². The van der Waals surface area contributed by atoms with Gasteiger partial charge in [-0.25, -0.2) is 4.21 Å². The molecule has 3 heteroatoms. The Kier molecular flexibility index (Phi) is 5.38. The Morgan fingerprint density at radius 3 is 2.74 bits per heavy atom. The van der Waals surface area contributed by atoms with E-state index < -0.39 is 11.1 Å². The highest BCUT2D eigenvalue weighted by molar-refractivity contribution is 7.80. The summed E-state index contributed by atoms with van der Waals surface area (Å²) in [5.41, 5.74) is 2.33. The van der Waals surface area contributed by atoms with E-state index in [1.54, 1.807) is 0 Å². The van der Waals surface area contributed by atoms with Crippen molar-refractivity contribution in [2.24, 2.45) is 0 Å². The van der Waals surface area contributed by atoms with Gasteiger partial charge in [-0.15, -0.1) is 0 Å². The fourth-order valence-electron chi connectivity index (χ4n) is 1.90. The van der Waals surface area contributed by atoms with E-state index in [1.165, 1.54) is 18.4 Å². The molecule has 1 aromatic carbocycles. The van der Waals surface area contributed by atoms with Crippen LogP contribution in [0, 0.1) is 18.8 Å². The second-order valence-corrected chi connectivity index (χ2v) is 5.76. The van der Waals surface area contributed by atoms with E-state index in [0.29, 0.717) is 4.90 Å². The van der Waals surface area contributed by atoms with E-state index in [0.717, 1.165) is 18.4 Å². The molecule has 1 atom stereocenters. The normalized spacial score (nSPS) is 16.2. The summed E-state index contributed by atoms with van der Waals surface area (Å²) in [6.07, 6.45) is 6.86. The Balaban J connectivity index is 1.82. The van der Waals surface area contributed by atoms with Crippen LogP contribution in [0.25, 0.3) is 0 Å². The minimum atomic E-state index is -1.42. The summed E-state index contributed by atoms with van der Waals surface area (Å²) in [7, 11) is 0. The van der Waals surface area contributed by atoms with Crippen LogP contribution in [0.1, 0.15) is 31.2 Å². The molecule has 0 aliphatic heterocycles. The highest BCUT2D eigenvalue weighted by Crippen LogP contribution is 2.16. The van der Waals surface area contributed by atoms with Gasteiger partial charge in [-0.3, -0.25) is 4.18 Å². The van der Waals surface area contributed by atoms with Crippen molar-refractivity contribution in [3.63, 3.8) is 0 Å². The summed E-state index contributed by atoms with van der Waals surface area (Å²) in [5.74, 6) is 6.02. The molecular formula is C16H18O2S. The average Bonchev–Trinajstić information content (AvgIpc) is 2.45. The zero-order valence-corrected chi connectivity index (χ0v) is 12.0. The Morgan fingerprint density at radius 2 is 2.05 bits per heavy atom. The maximum absolute atomic E-state index is 11.8. The van der Waals surface area contributed by atoms with Crippen LogP contribution in [-0.4, -0.2) is 10.8 Å². The van der Waals surface area contributed by atoms with Crippen molar-refractivity contribution in [1.29, 1.82) is 0 Å². The molecule has 0 fully saturated rings. The van der Waals surface area contributed by atoms with Gasteiger partial charge in [0.2, 0.25) is 0 Å². The van der Waals surface area contributed by atoms with Crippen molar-refractivity contribution in [2.75, 3.05) is 6.61 Å². The largest absolute Gasteiger partial charge is 0.274 e. The zero-order chi connectivity index (χ0) is 13.5. The van der Waals surface area contributed by atoms with Crippen molar-refractivity contribution in [2.45, 2.75) is 37.5 Å². The standard InChI is InChI=1S/C16H18O2S/c1-14-9-11-16(12-10-14)19(17)18-13-5-8-15-6-3-2-4-7-15/h6,9-12H,2-4,7,13H2,1H3/t19-/m0/s1. The van der Waals surface area contributed by atoms with Gasteiger partial charge in [0.05, 0.1) is 4.90 Å². The Morgan fingerprint density at radius 1 is 1.26 bits per heavy atom. The number of hydrogen-bond donors (Lipinski definition) is 0. The molecular weight excluding hydrogens is 256 g/mol. The molecule has 2 rings (SSSR count). The highest BCUT2D eigenvalue weighted by atomic mass is 32.2. The van der Waals surface area contributed by atoms with Crippen LogP contribution < -0.4 is 0 Å². The van der Waals surface area contributed by atoms with Gasteiger partial charge in [-0.2, -0.15) is 0 Å². The SMILES string of the molecule is Cc1ccc([S@@](=O)OCC#CC2=CCCCC2)cc1. The summed E-state index contributed by atoms with van der Waals surface area (Å²) in [4.78, 5) is 0.685. The van der Waals surface area contributed by atoms with Gasteiger partial charge < -0.3 is 0 Å². The molecule has 0 saturated carbocycles. The van der Waals surface area contributed by atoms with Gasteiger partial charge in [-0.1, -0.05) is 35.6 Å². The molecule has 0 heterocycles. The smallest absolute Gasteiger partial charge is 0.190 e. The molecule has 100 valence electrons. The van der Waals surface area contributed by atoms with Crippen molar-refractivity contribution in [3.8, 4) is 11.8 Å². The molecule has 0 aromatic heterocycles. The van der Waals surface area contributed by atoms with Crippen LogP contribution in [0.5, 0.6) is 0 Å². The Bertz CT molecular complexity index is 532. The van der Waals surface area contributed by atoms with Crippen LogP contribution in [0.2, 0.25) is 0 Å². The van der Waals surface area contributed by atoms with E-state index in [-0.39, 0.29) is 6.61 Å². The first-order chi connectivity index (χ1) is 9.25. The van der Waals surface area contributed by atoms with Gasteiger partial charge in [-0.05, 0) is 50.3 Å². The van der Waals surface area contributed by atoms with Crippen LogP contribution in [0.15, 0.2) is 40.8 Å². The number of hydrogen-bond acceptors (Lipinski definition) is 2. The van der Waals surface area contributed by atoms with Crippen molar-refractivity contribution in [3.05, 3.63) is 41.5 Å². The number of benzene rings is 1. The second-order valence-electron chi connectivity index (χ2n) is 4.59. The van der Waals surface area contributed by atoms with Gasteiger partial charge in [0.15, 0.2) is 11.1 Å². The lowest BCUT2D eigenvalue weighted by molar-refractivity contribution is 0.402. The van der Waals surface area contributed by atoms with E-state index >= 15 is 0 Å². The fraction of sp³-hybridized carbons (Fsp3) is 0.375. The number of rotatable bonds is 3. The minimum Gasteiger partial charge on any atom is -0.274 e. The third-order valence-electron chi connectivity index (χ3n) is 2.99. The summed E-state index contributed by atoms with van der Waals surface area (Å²) in [5, 5.41) is 0. The topological polar surface area (TPSA) is 26.3 Å². The third-order valence-corrected chi connectivity index (χ3v) is 3.98. The summed E-state index contributed by atoms with van der Waals surface area (Å²) < 4.78 is 17.0. The molecule has 0 spiro atoms. The summed E-state index contributed by atoms with van der Waals surface area (Å²) >= 11 is -1.42. The lowest BCUT2D eigenvalue weighted by Crippen LogP contribution is -1.98. The molecule has 0 amide bonds. The molecule has 0 radical (unpaired) electrons. The third kappa shape index (κ3) is 4.66. The minimum absolute atomic E-state index is 0.206. The highest BCUT2D eigenvalue weighted by Gasteiger charge is 2.03. The lowest BCUT2D eigenvalue weighted by Gasteiger charge is -2.05. The summed E-state index contributed by atoms with van der Waals surface area (Å²) in [6.45, 7) is 2.20. The molecule has 1 aliphatic carbocycles. The maximum atomic E-state index is 11.8.